The van der Waals surface area contributed by atoms with Crippen molar-refractivity contribution in [3.05, 3.63) is 6.92 Å². The Labute approximate surface area is 85.6 Å². The van der Waals surface area contributed by atoms with Crippen molar-refractivity contribution >= 4 is 14.5 Å². The van der Waals surface area contributed by atoms with Gasteiger partial charge in [-0.3, -0.25) is 0 Å². The first kappa shape index (κ1) is 15.1. The molecule has 0 aromatic carbocycles. The molecule has 0 aliphatic carbocycles. The Morgan fingerprint density at radius 1 is 1.36 bits per heavy atom. The molecule has 0 spiro atoms. The third-order valence-corrected chi connectivity index (χ3v) is 13.4. The van der Waals surface area contributed by atoms with Crippen LogP contribution >= 0.6 is 14.5 Å². The van der Waals surface area contributed by atoms with Gasteiger partial charge in [0.2, 0.25) is 0 Å². The van der Waals surface area contributed by atoms with Gasteiger partial charge in [-0.2, -0.15) is 0 Å². The van der Waals surface area contributed by atoms with E-state index in [1.807, 2.05) is 0 Å². The molecule has 0 fully saturated rings. The Kier molecular flexibility index (Phi) is 19.5. The number of hydrogen-bond donors (Lipinski definition) is 0. The van der Waals surface area contributed by atoms with Crippen molar-refractivity contribution in [1.29, 1.82) is 0 Å². The monoisotopic (exact) mass is 384 g/mol. The van der Waals surface area contributed by atoms with Crippen molar-refractivity contribution in [3.63, 3.8) is 0 Å². The van der Waals surface area contributed by atoms with Crippen LogP contribution in [0.15, 0.2) is 0 Å². The summed E-state index contributed by atoms with van der Waals surface area (Å²) in [5.41, 5.74) is 0. The molecule has 1 radical (unpaired) electrons. The van der Waals surface area contributed by atoms with Crippen molar-refractivity contribution < 1.29 is 21.2 Å². The normalized spacial score (nSPS) is 8.45. The predicted molar refractivity (Wildman–Crippen MR) is 55.5 cm³/mol. The van der Waals surface area contributed by atoms with E-state index in [-0.39, 0.29) is 0 Å². The summed E-state index contributed by atoms with van der Waals surface area (Å²) in [5.74, 6) is 0. The van der Waals surface area contributed by atoms with Crippen molar-refractivity contribution in [2.24, 2.45) is 0 Å². The van der Waals surface area contributed by atoms with Gasteiger partial charge < -0.3 is 0 Å². The second kappa shape index (κ2) is 14.2. The summed E-state index contributed by atoms with van der Waals surface area (Å²) in [6.45, 7) is 8.08. The van der Waals surface area contributed by atoms with E-state index in [1.54, 1.807) is 0 Å². The standard InChI is InChI=1S/C6H13.C2H5.ClH.Hg.H2P/c1-3-5-6-4-2;1-2;;;/h1,3-6H2,2H3;1H2,2H3;1H;;1H2/q;;;+2;-1/p-1. The van der Waals surface area contributed by atoms with E-state index >= 15 is 0 Å². The fourth-order valence-electron chi connectivity index (χ4n) is 0.427. The molecular weight excluding hydrogens is 363 g/mol. The molecule has 0 aromatic rings. The molecule has 0 saturated carbocycles. The molecule has 0 amide bonds. The van der Waals surface area contributed by atoms with Crippen LogP contribution in [0.1, 0.15) is 39.5 Å². The van der Waals surface area contributed by atoms with Crippen LogP contribution in [-0.2, 0) is 21.2 Å². The first-order valence-corrected chi connectivity index (χ1v) is 25.6. The summed E-state index contributed by atoms with van der Waals surface area (Å²) >= 11 is -1.45. The first-order chi connectivity index (χ1) is 5.18. The van der Waals surface area contributed by atoms with Crippen LogP contribution in [0.2, 0.25) is 3.93 Å². The van der Waals surface area contributed by atoms with E-state index in [9.17, 15) is 0 Å². The summed E-state index contributed by atoms with van der Waals surface area (Å²) < 4.78 is 1.27. The van der Waals surface area contributed by atoms with Gasteiger partial charge in [0, 0.05) is 0 Å². The van der Waals surface area contributed by atoms with Crippen molar-refractivity contribution in [2.75, 3.05) is 0 Å². The molecule has 0 bridgehead atoms. The van der Waals surface area contributed by atoms with E-state index in [4.69, 9.17) is 8.25 Å². The average Bonchev–Trinajstić information content (AvgIpc) is 2.02. The largest absolute Gasteiger partial charge is 0.0654 e. The van der Waals surface area contributed by atoms with Crippen LogP contribution in [-0.4, -0.2) is 0 Å². The maximum absolute atomic E-state index is 5.66. The zero-order valence-corrected chi connectivity index (χ0v) is 15.3. The smallest absolute Gasteiger partial charge is 0.0533 e. The van der Waals surface area contributed by atoms with Crippen LogP contribution in [0.4, 0.5) is 0 Å². The Balaban J connectivity index is 0. The van der Waals surface area contributed by atoms with E-state index in [0.29, 0.717) is 0 Å². The Bertz CT molecular complexity index is 56.1. The molecule has 3 heteroatoms. The Morgan fingerprint density at radius 3 is 1.91 bits per heavy atom. The molecule has 1 atom stereocenters. The van der Waals surface area contributed by atoms with Gasteiger partial charge in [0.15, 0.2) is 0 Å². The topological polar surface area (TPSA) is 0 Å². The summed E-state index contributed by atoms with van der Waals surface area (Å²) in [7, 11) is 5.66. The van der Waals surface area contributed by atoms with E-state index in [0.717, 1.165) is 6.42 Å². The zero-order valence-electron chi connectivity index (χ0n) is 7.91. The SMILES string of the molecule is C[CH2][Hg]([PH2])[Cl].[CH2]CCCCC. The third-order valence-electron chi connectivity index (χ3n) is 1.33. The summed E-state index contributed by atoms with van der Waals surface area (Å²) in [4.78, 5) is 0. The molecular formula is C8H20ClHgP. The number of halogens is 1. The Morgan fingerprint density at radius 2 is 1.82 bits per heavy atom. The molecule has 0 heterocycles. The fourth-order valence-corrected chi connectivity index (χ4v) is 0.427. The van der Waals surface area contributed by atoms with Gasteiger partial charge >= 0.3 is 46.6 Å². The summed E-state index contributed by atoms with van der Waals surface area (Å²) in [5, 5.41) is 0. The van der Waals surface area contributed by atoms with Gasteiger partial charge in [0.05, 0.1) is 0 Å². The minimum atomic E-state index is -1.45. The molecule has 11 heavy (non-hydrogen) atoms. The Hall–Kier alpha value is 1.66. The third kappa shape index (κ3) is 24.5. The molecule has 0 aliphatic rings. The van der Waals surface area contributed by atoms with E-state index in [2.05, 4.69) is 27.1 Å². The van der Waals surface area contributed by atoms with Crippen LogP contribution in [0.5, 0.6) is 0 Å². The van der Waals surface area contributed by atoms with E-state index in [1.165, 1.54) is 23.2 Å². The molecule has 66 valence electrons. The molecule has 0 N–H and O–H groups in total. The molecule has 0 aliphatic heterocycles. The van der Waals surface area contributed by atoms with Gasteiger partial charge in [0.25, 0.3) is 0 Å². The summed E-state index contributed by atoms with van der Waals surface area (Å²) in [6, 6.07) is 0. The molecule has 1 unspecified atom stereocenters. The van der Waals surface area contributed by atoms with Crippen LogP contribution in [0, 0.1) is 6.92 Å². The summed E-state index contributed by atoms with van der Waals surface area (Å²) in [6.07, 6.45) is 7.80. The van der Waals surface area contributed by atoms with Crippen molar-refractivity contribution in [1.82, 2.24) is 0 Å². The fraction of sp³-hybridized carbons (Fsp3) is 0.875. The average molecular weight is 383 g/mol. The molecule has 0 nitrogen and oxygen atoms in total. The maximum Gasteiger partial charge on any atom is -0.0533 e. The van der Waals surface area contributed by atoms with Crippen LogP contribution in [0.3, 0.4) is 0 Å². The maximum atomic E-state index is 5.66. The minimum absolute atomic E-state index is 1.10. The number of hydrogen-bond acceptors (Lipinski definition) is 0. The van der Waals surface area contributed by atoms with Gasteiger partial charge in [-0.15, -0.1) is 0 Å². The predicted octanol–water partition coefficient (Wildman–Crippen LogP) is 4.39. The second-order valence-electron chi connectivity index (χ2n) is 2.69. The minimum Gasteiger partial charge on any atom is -0.0654 e. The first-order valence-electron chi connectivity index (χ1n) is 4.59. The second-order valence-corrected chi connectivity index (χ2v) is 30.7. The number of unbranched alkanes of at least 4 members (excludes halogenated alkanes) is 3. The van der Waals surface area contributed by atoms with Crippen LogP contribution < -0.4 is 0 Å². The quantitative estimate of drug-likeness (QED) is 0.384. The van der Waals surface area contributed by atoms with Gasteiger partial charge in [-0.25, -0.2) is 0 Å². The molecule has 0 saturated heterocycles. The van der Waals surface area contributed by atoms with Crippen LogP contribution in [0.25, 0.3) is 0 Å². The molecule has 0 rings (SSSR count). The van der Waals surface area contributed by atoms with E-state index < -0.39 is 21.2 Å². The number of rotatable bonds is 4. The van der Waals surface area contributed by atoms with Gasteiger partial charge in [-0.05, 0) is 0 Å². The molecule has 0 aromatic heterocycles. The van der Waals surface area contributed by atoms with Crippen molar-refractivity contribution in [3.8, 4) is 0 Å². The zero-order chi connectivity index (χ0) is 9.11. The van der Waals surface area contributed by atoms with Gasteiger partial charge in [-0.1, -0.05) is 39.5 Å². The van der Waals surface area contributed by atoms with Crippen molar-refractivity contribution in [2.45, 2.75) is 43.5 Å². The van der Waals surface area contributed by atoms with Gasteiger partial charge in [0.1, 0.15) is 0 Å².